The van der Waals surface area contributed by atoms with Gasteiger partial charge in [-0.2, -0.15) is 0 Å². The Bertz CT molecular complexity index is 380. The van der Waals surface area contributed by atoms with Crippen molar-refractivity contribution in [3.63, 3.8) is 0 Å². The first-order valence-electron chi connectivity index (χ1n) is 6.92. The average Bonchev–Trinajstić information content (AvgIpc) is 2.87. The van der Waals surface area contributed by atoms with Gasteiger partial charge in [0, 0.05) is 25.3 Å². The van der Waals surface area contributed by atoms with Crippen LogP contribution in [0.15, 0.2) is 12.5 Å². The number of aliphatic hydroxyl groups is 1. The molecule has 0 amide bonds. The van der Waals surface area contributed by atoms with E-state index in [1.165, 1.54) is 5.69 Å². The van der Waals surface area contributed by atoms with Crippen LogP contribution in [0.4, 0.5) is 0 Å². The summed E-state index contributed by atoms with van der Waals surface area (Å²) in [4.78, 5) is 6.43. The highest BCUT2D eigenvalue weighted by Crippen LogP contribution is 2.30. The van der Waals surface area contributed by atoms with Gasteiger partial charge in [-0.25, -0.2) is 4.98 Å². The molecule has 4 heteroatoms. The minimum atomic E-state index is -0.461. The molecule has 102 valence electrons. The molecule has 0 bridgehead atoms. The number of likely N-dealkylation sites (N-methyl/N-ethyl adjacent to an activating group) is 1. The third kappa shape index (κ3) is 3.12. The number of hydrogen-bond acceptors (Lipinski definition) is 3. The Hall–Kier alpha value is -0.870. The van der Waals surface area contributed by atoms with E-state index in [1.807, 2.05) is 12.5 Å². The molecule has 0 aliphatic heterocycles. The quantitative estimate of drug-likeness (QED) is 0.872. The lowest BCUT2D eigenvalue weighted by Gasteiger charge is -2.28. The van der Waals surface area contributed by atoms with E-state index in [-0.39, 0.29) is 0 Å². The smallest absolute Gasteiger partial charge is 0.0951 e. The molecule has 1 aromatic heterocycles. The van der Waals surface area contributed by atoms with Crippen molar-refractivity contribution >= 4 is 0 Å². The second-order valence-electron chi connectivity index (χ2n) is 5.99. The molecule has 0 spiro atoms. The highest BCUT2D eigenvalue weighted by atomic mass is 16.3. The summed E-state index contributed by atoms with van der Waals surface area (Å²) >= 11 is 0. The van der Waals surface area contributed by atoms with Crippen molar-refractivity contribution in [2.24, 2.45) is 0 Å². The second-order valence-corrected chi connectivity index (χ2v) is 5.99. The van der Waals surface area contributed by atoms with Crippen molar-refractivity contribution in [2.45, 2.75) is 57.7 Å². The summed E-state index contributed by atoms with van der Waals surface area (Å²) < 4.78 is 2.19. The molecule has 1 aliphatic rings. The largest absolute Gasteiger partial charge is 0.389 e. The van der Waals surface area contributed by atoms with Crippen molar-refractivity contribution in [3.8, 4) is 0 Å². The van der Waals surface area contributed by atoms with E-state index in [4.69, 9.17) is 0 Å². The van der Waals surface area contributed by atoms with Crippen LogP contribution >= 0.6 is 0 Å². The molecular formula is C14H25N3O. The van der Waals surface area contributed by atoms with Gasteiger partial charge in [-0.15, -0.1) is 0 Å². The van der Waals surface area contributed by atoms with E-state index >= 15 is 0 Å². The lowest BCUT2D eigenvalue weighted by atomic mass is 10.0. The van der Waals surface area contributed by atoms with Gasteiger partial charge in [-0.1, -0.05) is 12.8 Å². The Morgan fingerprint density at radius 3 is 2.72 bits per heavy atom. The molecule has 1 heterocycles. The van der Waals surface area contributed by atoms with Crippen LogP contribution in [0, 0.1) is 0 Å². The van der Waals surface area contributed by atoms with Crippen LogP contribution in [0.3, 0.4) is 0 Å². The summed E-state index contributed by atoms with van der Waals surface area (Å²) in [7, 11) is 2.08. The summed E-state index contributed by atoms with van der Waals surface area (Å²) in [6, 6.07) is 0.436. The van der Waals surface area contributed by atoms with Gasteiger partial charge >= 0.3 is 0 Å². The molecule has 0 aromatic carbocycles. The molecule has 1 aromatic rings. The maximum Gasteiger partial charge on any atom is 0.0951 e. The standard InChI is InChI=1S/C14H25N3O/c1-12(2)17-11-15-8-13(17)9-16(3)10-14(18)6-4-5-7-14/h8,11-12,18H,4-7,9-10H2,1-3H3. The van der Waals surface area contributed by atoms with Gasteiger partial charge < -0.3 is 9.67 Å². The van der Waals surface area contributed by atoms with Crippen LogP contribution < -0.4 is 0 Å². The van der Waals surface area contributed by atoms with Crippen molar-refractivity contribution in [1.82, 2.24) is 14.5 Å². The third-order valence-electron chi connectivity index (χ3n) is 3.83. The Morgan fingerprint density at radius 2 is 2.11 bits per heavy atom. The topological polar surface area (TPSA) is 41.3 Å². The molecule has 4 nitrogen and oxygen atoms in total. The predicted molar refractivity (Wildman–Crippen MR) is 72.4 cm³/mol. The van der Waals surface area contributed by atoms with Crippen LogP contribution in [-0.2, 0) is 6.54 Å². The number of nitrogens with zero attached hydrogens (tertiary/aromatic N) is 3. The fraction of sp³-hybridized carbons (Fsp3) is 0.786. The third-order valence-corrected chi connectivity index (χ3v) is 3.83. The van der Waals surface area contributed by atoms with Gasteiger partial charge in [0.15, 0.2) is 0 Å². The fourth-order valence-electron chi connectivity index (χ4n) is 2.95. The van der Waals surface area contributed by atoms with Crippen molar-refractivity contribution < 1.29 is 5.11 Å². The first kappa shape index (κ1) is 13.6. The lowest BCUT2D eigenvalue weighted by molar-refractivity contribution is 0.0140. The van der Waals surface area contributed by atoms with Gasteiger partial charge in [-0.3, -0.25) is 4.90 Å². The summed E-state index contributed by atoms with van der Waals surface area (Å²) in [5.74, 6) is 0. The van der Waals surface area contributed by atoms with E-state index in [2.05, 4.69) is 35.3 Å². The van der Waals surface area contributed by atoms with Gasteiger partial charge in [0.25, 0.3) is 0 Å². The first-order chi connectivity index (χ1) is 8.50. The molecule has 0 saturated heterocycles. The normalized spacial score (nSPS) is 19.0. The van der Waals surface area contributed by atoms with Crippen LogP contribution in [0.5, 0.6) is 0 Å². The lowest BCUT2D eigenvalue weighted by Crippen LogP contribution is -2.39. The summed E-state index contributed by atoms with van der Waals surface area (Å²) in [5.41, 5.74) is 0.756. The van der Waals surface area contributed by atoms with Crippen LogP contribution in [0.2, 0.25) is 0 Å². The molecule has 18 heavy (non-hydrogen) atoms. The zero-order chi connectivity index (χ0) is 13.2. The highest BCUT2D eigenvalue weighted by molar-refractivity contribution is 5.00. The Balaban J connectivity index is 1.94. The zero-order valence-corrected chi connectivity index (χ0v) is 11.8. The number of imidazole rings is 1. The monoisotopic (exact) mass is 251 g/mol. The van der Waals surface area contributed by atoms with Crippen molar-refractivity contribution in [1.29, 1.82) is 0 Å². The fourth-order valence-corrected chi connectivity index (χ4v) is 2.95. The van der Waals surface area contributed by atoms with E-state index in [0.717, 1.165) is 38.8 Å². The predicted octanol–water partition coefficient (Wildman–Crippen LogP) is 2.20. The molecule has 1 N–H and O–H groups in total. The Morgan fingerprint density at radius 1 is 1.44 bits per heavy atom. The molecule has 0 radical (unpaired) electrons. The van der Waals surface area contributed by atoms with Crippen LogP contribution in [0.1, 0.15) is 51.3 Å². The summed E-state index contributed by atoms with van der Waals surface area (Å²) in [5, 5.41) is 10.4. The molecule has 2 rings (SSSR count). The first-order valence-corrected chi connectivity index (χ1v) is 6.92. The molecule has 0 unspecified atom stereocenters. The molecule has 1 saturated carbocycles. The van der Waals surface area contributed by atoms with Gasteiger partial charge in [0.05, 0.1) is 17.6 Å². The molecule has 1 fully saturated rings. The number of aromatic nitrogens is 2. The molecular weight excluding hydrogens is 226 g/mol. The van der Waals surface area contributed by atoms with Crippen molar-refractivity contribution in [3.05, 3.63) is 18.2 Å². The van der Waals surface area contributed by atoms with Crippen LogP contribution in [-0.4, -0.2) is 38.8 Å². The van der Waals surface area contributed by atoms with Crippen molar-refractivity contribution in [2.75, 3.05) is 13.6 Å². The number of rotatable bonds is 5. The summed E-state index contributed by atoms with van der Waals surface area (Å²) in [6.45, 7) is 5.93. The molecule has 0 atom stereocenters. The highest BCUT2D eigenvalue weighted by Gasteiger charge is 2.32. The SMILES string of the molecule is CC(C)n1cncc1CN(C)CC1(O)CCCC1. The average molecular weight is 251 g/mol. The van der Waals surface area contributed by atoms with E-state index < -0.39 is 5.60 Å². The van der Waals surface area contributed by atoms with E-state index in [9.17, 15) is 5.11 Å². The van der Waals surface area contributed by atoms with Gasteiger partial charge in [0.1, 0.15) is 0 Å². The minimum absolute atomic E-state index is 0.436. The van der Waals surface area contributed by atoms with Crippen LogP contribution in [0.25, 0.3) is 0 Å². The Kier molecular flexibility index (Phi) is 4.07. The van der Waals surface area contributed by atoms with Gasteiger partial charge in [0.2, 0.25) is 0 Å². The minimum Gasteiger partial charge on any atom is -0.389 e. The Labute approximate surface area is 110 Å². The van der Waals surface area contributed by atoms with Gasteiger partial charge in [-0.05, 0) is 33.7 Å². The molecule has 1 aliphatic carbocycles. The zero-order valence-electron chi connectivity index (χ0n) is 11.8. The summed E-state index contributed by atoms with van der Waals surface area (Å²) in [6.07, 6.45) is 8.03. The van der Waals surface area contributed by atoms with E-state index in [0.29, 0.717) is 6.04 Å². The van der Waals surface area contributed by atoms with E-state index in [1.54, 1.807) is 0 Å². The second kappa shape index (κ2) is 5.41. The maximum atomic E-state index is 10.4. The maximum absolute atomic E-state index is 10.4. The number of hydrogen-bond donors (Lipinski definition) is 1.